The predicted molar refractivity (Wildman–Crippen MR) is 91.4 cm³/mol. The molecule has 1 aliphatic carbocycles. The number of hydrogen-bond acceptors (Lipinski definition) is 3. The second-order valence-electron chi connectivity index (χ2n) is 5.72. The van der Waals surface area contributed by atoms with Crippen LogP contribution in [0.25, 0.3) is 0 Å². The molecule has 0 aliphatic heterocycles. The highest BCUT2D eigenvalue weighted by atomic mass is 79.9. The van der Waals surface area contributed by atoms with Gasteiger partial charge in [0.2, 0.25) is 0 Å². The van der Waals surface area contributed by atoms with Gasteiger partial charge in [-0.05, 0) is 43.9 Å². The monoisotopic (exact) mass is 374 g/mol. The first kappa shape index (κ1) is 17.2. The van der Waals surface area contributed by atoms with Gasteiger partial charge in [-0.2, -0.15) is 0 Å². The summed E-state index contributed by atoms with van der Waals surface area (Å²) in [5.74, 6) is 5.86. The van der Waals surface area contributed by atoms with Crippen LogP contribution in [0, 0.1) is 0 Å². The zero-order valence-corrected chi connectivity index (χ0v) is 14.8. The molecule has 0 heterocycles. The molecule has 0 spiro atoms. The SMILES string of the molecule is CCOC1(C(Cc2ccc(Br)cc2Cl)NN)CCCCC1. The van der Waals surface area contributed by atoms with Gasteiger partial charge < -0.3 is 4.74 Å². The van der Waals surface area contributed by atoms with Gasteiger partial charge >= 0.3 is 0 Å². The lowest BCUT2D eigenvalue weighted by Gasteiger charge is -2.43. The van der Waals surface area contributed by atoms with Gasteiger partial charge in [0.1, 0.15) is 0 Å². The Kier molecular flexibility index (Phi) is 6.51. The molecule has 0 radical (unpaired) electrons. The van der Waals surface area contributed by atoms with Crippen molar-refractivity contribution in [3.8, 4) is 0 Å². The van der Waals surface area contributed by atoms with Crippen molar-refractivity contribution in [3.05, 3.63) is 33.3 Å². The lowest BCUT2D eigenvalue weighted by Crippen LogP contribution is -2.57. The molecule has 1 saturated carbocycles. The largest absolute Gasteiger partial charge is 0.374 e. The summed E-state index contributed by atoms with van der Waals surface area (Å²) in [4.78, 5) is 0. The van der Waals surface area contributed by atoms with Crippen molar-refractivity contribution in [1.82, 2.24) is 5.43 Å². The number of benzene rings is 1. The van der Waals surface area contributed by atoms with E-state index < -0.39 is 0 Å². The summed E-state index contributed by atoms with van der Waals surface area (Å²) < 4.78 is 7.16. The Morgan fingerprint density at radius 3 is 2.67 bits per heavy atom. The number of nitrogens with one attached hydrogen (secondary N) is 1. The van der Waals surface area contributed by atoms with Gasteiger partial charge in [-0.1, -0.05) is 52.9 Å². The molecule has 3 nitrogen and oxygen atoms in total. The number of hydrazine groups is 1. The van der Waals surface area contributed by atoms with Crippen molar-refractivity contribution in [2.75, 3.05) is 6.61 Å². The van der Waals surface area contributed by atoms with Crippen molar-refractivity contribution in [1.29, 1.82) is 0 Å². The van der Waals surface area contributed by atoms with Gasteiger partial charge in [-0.25, -0.2) is 0 Å². The molecule has 0 aromatic heterocycles. The van der Waals surface area contributed by atoms with E-state index in [-0.39, 0.29) is 11.6 Å². The Labute approximate surface area is 140 Å². The fraction of sp³-hybridized carbons (Fsp3) is 0.625. The molecule has 1 atom stereocenters. The van der Waals surface area contributed by atoms with E-state index in [1.807, 2.05) is 12.1 Å². The van der Waals surface area contributed by atoms with Crippen LogP contribution >= 0.6 is 27.5 Å². The highest BCUT2D eigenvalue weighted by Crippen LogP contribution is 2.36. The number of halogens is 2. The van der Waals surface area contributed by atoms with Crippen molar-refractivity contribution in [2.24, 2.45) is 5.84 Å². The maximum atomic E-state index is 6.35. The molecule has 1 aromatic carbocycles. The van der Waals surface area contributed by atoms with Crippen molar-refractivity contribution < 1.29 is 4.74 Å². The van der Waals surface area contributed by atoms with Crippen molar-refractivity contribution in [3.63, 3.8) is 0 Å². The van der Waals surface area contributed by atoms with E-state index in [9.17, 15) is 0 Å². The molecule has 1 unspecified atom stereocenters. The van der Waals surface area contributed by atoms with E-state index in [1.165, 1.54) is 19.3 Å². The van der Waals surface area contributed by atoms with Crippen LogP contribution in [-0.2, 0) is 11.2 Å². The summed E-state index contributed by atoms with van der Waals surface area (Å²) in [6, 6.07) is 6.08. The zero-order chi connectivity index (χ0) is 15.3. The molecular formula is C16H24BrClN2O. The Hall–Kier alpha value is -0.130. The Bertz CT molecular complexity index is 458. The van der Waals surface area contributed by atoms with E-state index in [4.69, 9.17) is 22.2 Å². The van der Waals surface area contributed by atoms with Crippen LogP contribution in [0.3, 0.4) is 0 Å². The van der Waals surface area contributed by atoms with Crippen LogP contribution in [0.1, 0.15) is 44.6 Å². The quantitative estimate of drug-likeness (QED) is 0.578. The third kappa shape index (κ3) is 4.20. The van der Waals surface area contributed by atoms with Gasteiger partial charge in [-0.3, -0.25) is 11.3 Å². The van der Waals surface area contributed by atoms with E-state index in [0.717, 1.165) is 34.3 Å². The van der Waals surface area contributed by atoms with Gasteiger partial charge in [-0.15, -0.1) is 0 Å². The zero-order valence-electron chi connectivity index (χ0n) is 12.5. The van der Waals surface area contributed by atoms with Crippen LogP contribution in [0.15, 0.2) is 22.7 Å². The van der Waals surface area contributed by atoms with Crippen LogP contribution in [0.2, 0.25) is 5.02 Å². The van der Waals surface area contributed by atoms with Gasteiger partial charge in [0.25, 0.3) is 0 Å². The van der Waals surface area contributed by atoms with Crippen molar-refractivity contribution >= 4 is 27.5 Å². The summed E-state index contributed by atoms with van der Waals surface area (Å²) in [6.45, 7) is 2.77. The molecule has 1 fully saturated rings. The molecule has 5 heteroatoms. The first-order valence-electron chi connectivity index (χ1n) is 7.65. The van der Waals surface area contributed by atoms with Crippen LogP contribution in [0.5, 0.6) is 0 Å². The minimum atomic E-state index is -0.168. The second kappa shape index (κ2) is 7.93. The minimum Gasteiger partial charge on any atom is -0.374 e. The molecule has 118 valence electrons. The van der Waals surface area contributed by atoms with Crippen LogP contribution in [0.4, 0.5) is 0 Å². The lowest BCUT2D eigenvalue weighted by atomic mass is 9.77. The highest BCUT2D eigenvalue weighted by molar-refractivity contribution is 9.10. The molecule has 0 bridgehead atoms. The minimum absolute atomic E-state index is 0.0800. The van der Waals surface area contributed by atoms with E-state index >= 15 is 0 Å². The number of hydrogen-bond donors (Lipinski definition) is 2. The summed E-state index contributed by atoms with van der Waals surface area (Å²) in [7, 11) is 0. The van der Waals surface area contributed by atoms with Crippen LogP contribution < -0.4 is 11.3 Å². The summed E-state index contributed by atoms with van der Waals surface area (Å²) >= 11 is 9.79. The van der Waals surface area contributed by atoms with E-state index in [2.05, 4.69) is 34.3 Å². The first-order chi connectivity index (χ1) is 10.1. The van der Waals surface area contributed by atoms with Gasteiger partial charge in [0.15, 0.2) is 0 Å². The topological polar surface area (TPSA) is 47.3 Å². The molecule has 1 aromatic rings. The molecule has 0 amide bonds. The normalized spacial score (nSPS) is 19.4. The average Bonchev–Trinajstić information content (AvgIpc) is 2.47. The van der Waals surface area contributed by atoms with E-state index in [1.54, 1.807) is 0 Å². The Balaban J connectivity index is 2.20. The molecular weight excluding hydrogens is 352 g/mol. The number of rotatable bonds is 6. The number of ether oxygens (including phenoxy) is 1. The fourth-order valence-electron chi connectivity index (χ4n) is 3.34. The highest BCUT2D eigenvalue weighted by Gasteiger charge is 2.40. The fourth-order valence-corrected chi connectivity index (χ4v) is 4.09. The standard InChI is InChI=1S/C16H24BrClN2O/c1-2-21-16(8-4-3-5-9-16)15(20-19)10-12-6-7-13(17)11-14(12)18/h6-7,11,15,20H,2-5,8-10,19H2,1H3. The molecule has 0 saturated heterocycles. The van der Waals surface area contributed by atoms with E-state index in [0.29, 0.717) is 6.61 Å². The maximum absolute atomic E-state index is 6.35. The molecule has 2 rings (SSSR count). The Morgan fingerprint density at radius 2 is 2.10 bits per heavy atom. The summed E-state index contributed by atoms with van der Waals surface area (Å²) in [5, 5.41) is 0.770. The van der Waals surface area contributed by atoms with Gasteiger partial charge in [0, 0.05) is 16.1 Å². The Morgan fingerprint density at radius 1 is 1.38 bits per heavy atom. The average molecular weight is 376 g/mol. The number of nitrogens with two attached hydrogens (primary N) is 1. The maximum Gasteiger partial charge on any atom is 0.0851 e. The summed E-state index contributed by atoms with van der Waals surface area (Å²) in [6.07, 6.45) is 6.58. The third-order valence-electron chi connectivity index (χ3n) is 4.41. The molecule has 3 N–H and O–H groups in total. The second-order valence-corrected chi connectivity index (χ2v) is 7.04. The third-order valence-corrected chi connectivity index (χ3v) is 5.25. The summed E-state index contributed by atoms with van der Waals surface area (Å²) in [5.41, 5.74) is 3.93. The molecule has 1 aliphatic rings. The smallest absolute Gasteiger partial charge is 0.0851 e. The molecule has 21 heavy (non-hydrogen) atoms. The first-order valence-corrected chi connectivity index (χ1v) is 8.82. The van der Waals surface area contributed by atoms with Crippen LogP contribution in [-0.4, -0.2) is 18.2 Å². The predicted octanol–water partition coefficient (Wildman–Crippen LogP) is 4.22. The van der Waals surface area contributed by atoms with Crippen molar-refractivity contribution in [2.45, 2.75) is 57.1 Å². The lowest BCUT2D eigenvalue weighted by molar-refractivity contribution is -0.0898. The van der Waals surface area contributed by atoms with Gasteiger partial charge in [0.05, 0.1) is 11.6 Å².